The fourth-order valence-electron chi connectivity index (χ4n) is 2.62. The van der Waals surface area contributed by atoms with Crippen molar-refractivity contribution in [3.8, 4) is 0 Å². The summed E-state index contributed by atoms with van der Waals surface area (Å²) in [5, 5.41) is 0.0727. The van der Waals surface area contributed by atoms with E-state index in [0.717, 1.165) is 23.4 Å². The van der Waals surface area contributed by atoms with Crippen LogP contribution in [0.25, 0.3) is 0 Å². The molecule has 136 valence electrons. The summed E-state index contributed by atoms with van der Waals surface area (Å²) in [5.41, 5.74) is 1.63. The number of aryl methyl sites for hydroxylation is 1. The van der Waals surface area contributed by atoms with Gasteiger partial charge in [0.15, 0.2) is 5.17 Å². The summed E-state index contributed by atoms with van der Waals surface area (Å²) in [4.78, 5) is 18.4. The molecule has 0 bridgehead atoms. The first kappa shape index (κ1) is 18.5. The lowest BCUT2D eigenvalue weighted by atomic mass is 10.1. The Bertz CT molecular complexity index is 847. The molecule has 1 fully saturated rings. The monoisotopic (exact) mass is 378 g/mol. The van der Waals surface area contributed by atoms with Crippen molar-refractivity contribution in [2.24, 2.45) is 4.99 Å². The average molecular weight is 378 g/mol. The number of hydrogen-bond acceptors (Lipinski definition) is 3. The van der Waals surface area contributed by atoms with E-state index in [1.165, 1.54) is 22.7 Å². The van der Waals surface area contributed by atoms with Crippen LogP contribution in [0.15, 0.2) is 53.5 Å². The molecule has 0 spiro atoms. The van der Waals surface area contributed by atoms with Crippen LogP contribution in [-0.2, 0) is 17.4 Å². The predicted octanol–water partition coefficient (Wildman–Crippen LogP) is 4.82. The van der Waals surface area contributed by atoms with Crippen LogP contribution < -0.4 is 0 Å². The third-order valence-corrected chi connectivity index (χ3v) is 5.30. The molecule has 1 saturated heterocycles. The second-order valence-corrected chi connectivity index (χ2v) is 7.31. The van der Waals surface area contributed by atoms with Crippen LogP contribution in [0.2, 0.25) is 0 Å². The highest BCUT2D eigenvalue weighted by Crippen LogP contribution is 2.33. The number of thioether (sulfide) groups is 1. The summed E-state index contributed by atoms with van der Waals surface area (Å²) in [7, 11) is 1.63. The molecule has 7 heteroatoms. The van der Waals surface area contributed by atoms with Crippen LogP contribution in [-0.4, -0.2) is 28.3 Å². The van der Waals surface area contributed by atoms with Crippen molar-refractivity contribution < 1.29 is 18.0 Å². The van der Waals surface area contributed by atoms with Crippen LogP contribution >= 0.6 is 11.8 Å². The Kier molecular flexibility index (Phi) is 5.09. The smallest absolute Gasteiger partial charge is 0.293 e. The quantitative estimate of drug-likeness (QED) is 0.767. The van der Waals surface area contributed by atoms with Gasteiger partial charge in [-0.05, 0) is 37.1 Å². The number of carbonyl (C=O) groups excluding carboxylic acids is 1. The molecule has 1 aliphatic heterocycles. The SMILES string of the molecule is Cc1ccc(/N=C2\SC(Cc3cccc(C(F)(F)F)c3)C(=O)N2C)cc1. The summed E-state index contributed by atoms with van der Waals surface area (Å²) >= 11 is 1.28. The van der Waals surface area contributed by atoms with E-state index in [2.05, 4.69) is 4.99 Å². The maximum atomic E-state index is 12.9. The van der Waals surface area contributed by atoms with Gasteiger partial charge in [-0.15, -0.1) is 0 Å². The zero-order valence-electron chi connectivity index (χ0n) is 14.2. The van der Waals surface area contributed by atoms with Gasteiger partial charge in [-0.25, -0.2) is 4.99 Å². The third-order valence-electron chi connectivity index (χ3n) is 4.07. The normalized spacial score (nSPS) is 19.4. The molecule has 2 aromatic rings. The van der Waals surface area contributed by atoms with E-state index < -0.39 is 17.0 Å². The average Bonchev–Trinajstić information content (AvgIpc) is 2.84. The number of benzene rings is 2. The standard InChI is InChI=1S/C19H17F3N2OS/c1-12-6-8-15(9-7-12)23-18-24(2)17(25)16(26-18)11-13-4-3-5-14(10-13)19(20,21)22/h3-10,16H,11H2,1-2H3/b23-18-. The highest BCUT2D eigenvalue weighted by molar-refractivity contribution is 8.15. The molecule has 1 atom stereocenters. The van der Waals surface area contributed by atoms with Gasteiger partial charge in [0.2, 0.25) is 5.91 Å². The van der Waals surface area contributed by atoms with Gasteiger partial charge in [-0.2, -0.15) is 13.2 Å². The fourth-order valence-corrected chi connectivity index (χ4v) is 3.81. The van der Waals surface area contributed by atoms with E-state index in [0.29, 0.717) is 10.7 Å². The van der Waals surface area contributed by atoms with Crippen LogP contribution in [0.4, 0.5) is 18.9 Å². The Morgan fingerprint density at radius 1 is 1.15 bits per heavy atom. The molecule has 2 aromatic carbocycles. The zero-order valence-corrected chi connectivity index (χ0v) is 15.1. The molecule has 1 aliphatic rings. The second kappa shape index (κ2) is 7.15. The molecule has 3 rings (SSSR count). The summed E-state index contributed by atoms with van der Waals surface area (Å²) in [5.74, 6) is -0.154. The summed E-state index contributed by atoms with van der Waals surface area (Å²) < 4.78 is 38.6. The van der Waals surface area contributed by atoms with E-state index in [9.17, 15) is 18.0 Å². The molecule has 0 aliphatic carbocycles. The molecule has 1 unspecified atom stereocenters. The Labute approximate surface area is 153 Å². The van der Waals surface area contributed by atoms with Gasteiger partial charge < -0.3 is 0 Å². The van der Waals surface area contributed by atoms with Gasteiger partial charge >= 0.3 is 6.18 Å². The van der Waals surface area contributed by atoms with Crippen molar-refractivity contribution >= 4 is 28.5 Å². The number of nitrogens with zero attached hydrogens (tertiary/aromatic N) is 2. The van der Waals surface area contributed by atoms with Crippen molar-refractivity contribution in [2.75, 3.05) is 7.05 Å². The number of carbonyl (C=O) groups is 1. The zero-order chi connectivity index (χ0) is 18.9. The number of rotatable bonds is 3. The minimum absolute atomic E-state index is 0.154. The van der Waals surface area contributed by atoms with Crippen LogP contribution in [0.1, 0.15) is 16.7 Å². The maximum Gasteiger partial charge on any atom is 0.416 e. The second-order valence-electron chi connectivity index (χ2n) is 6.14. The minimum Gasteiger partial charge on any atom is -0.293 e. The number of alkyl halides is 3. The van der Waals surface area contributed by atoms with Gasteiger partial charge in [0, 0.05) is 7.05 Å². The highest BCUT2D eigenvalue weighted by atomic mass is 32.2. The molecule has 0 saturated carbocycles. The number of hydrogen-bond donors (Lipinski definition) is 0. The van der Waals surface area contributed by atoms with E-state index in [1.54, 1.807) is 13.1 Å². The lowest BCUT2D eigenvalue weighted by Crippen LogP contribution is -2.28. The largest absolute Gasteiger partial charge is 0.416 e. The topological polar surface area (TPSA) is 32.7 Å². The van der Waals surface area contributed by atoms with Crippen molar-refractivity contribution in [3.05, 3.63) is 65.2 Å². The van der Waals surface area contributed by atoms with Gasteiger partial charge in [-0.3, -0.25) is 9.69 Å². The van der Waals surface area contributed by atoms with Crippen molar-refractivity contribution in [3.63, 3.8) is 0 Å². The van der Waals surface area contributed by atoms with E-state index >= 15 is 0 Å². The Morgan fingerprint density at radius 2 is 1.85 bits per heavy atom. The molecule has 0 N–H and O–H groups in total. The third kappa shape index (κ3) is 4.09. The maximum absolute atomic E-state index is 12.9. The summed E-state index contributed by atoms with van der Waals surface area (Å²) in [6, 6.07) is 12.7. The van der Waals surface area contributed by atoms with E-state index in [-0.39, 0.29) is 12.3 Å². The Morgan fingerprint density at radius 3 is 2.50 bits per heavy atom. The lowest BCUT2D eigenvalue weighted by molar-refractivity contribution is -0.137. The van der Waals surface area contributed by atoms with Gasteiger partial charge in [0.1, 0.15) is 0 Å². The highest BCUT2D eigenvalue weighted by Gasteiger charge is 2.36. The van der Waals surface area contributed by atoms with Crippen LogP contribution in [0.5, 0.6) is 0 Å². The Balaban J connectivity index is 1.78. The molecule has 1 heterocycles. The predicted molar refractivity (Wildman–Crippen MR) is 97.6 cm³/mol. The van der Waals surface area contributed by atoms with Gasteiger partial charge in [0.05, 0.1) is 16.5 Å². The number of halogens is 3. The first-order valence-corrected chi connectivity index (χ1v) is 8.88. The molecule has 1 amide bonds. The van der Waals surface area contributed by atoms with E-state index in [1.807, 2.05) is 31.2 Å². The number of amides is 1. The van der Waals surface area contributed by atoms with Crippen molar-refractivity contribution in [1.29, 1.82) is 0 Å². The molecule has 3 nitrogen and oxygen atoms in total. The Hall–Kier alpha value is -2.28. The van der Waals surface area contributed by atoms with Crippen molar-refractivity contribution in [2.45, 2.75) is 24.8 Å². The molecular formula is C19H17F3N2OS. The summed E-state index contributed by atoms with van der Waals surface area (Å²) in [6.45, 7) is 1.97. The number of aliphatic imine (C=N–C) groups is 1. The first-order chi connectivity index (χ1) is 12.2. The van der Waals surface area contributed by atoms with Gasteiger partial charge in [0.25, 0.3) is 0 Å². The minimum atomic E-state index is -4.39. The molecule has 26 heavy (non-hydrogen) atoms. The first-order valence-electron chi connectivity index (χ1n) is 8.00. The molecule has 0 aromatic heterocycles. The van der Waals surface area contributed by atoms with E-state index in [4.69, 9.17) is 0 Å². The van der Waals surface area contributed by atoms with Gasteiger partial charge in [-0.1, -0.05) is 47.7 Å². The van der Waals surface area contributed by atoms with Crippen LogP contribution in [0.3, 0.4) is 0 Å². The van der Waals surface area contributed by atoms with Crippen molar-refractivity contribution in [1.82, 2.24) is 4.90 Å². The molecular weight excluding hydrogens is 361 g/mol. The summed E-state index contributed by atoms with van der Waals surface area (Å²) in [6.07, 6.45) is -4.16. The lowest BCUT2D eigenvalue weighted by Gasteiger charge is -2.11. The fraction of sp³-hybridized carbons (Fsp3) is 0.263. The molecule has 0 radical (unpaired) electrons. The number of amidine groups is 1. The van der Waals surface area contributed by atoms with Crippen LogP contribution in [0, 0.1) is 6.92 Å².